The molecule has 0 amide bonds. The molecule has 2 N–H and O–H groups in total. The number of aryl methyl sites for hydroxylation is 1. The van der Waals surface area contributed by atoms with Crippen LogP contribution in [0.4, 0.5) is 0 Å². The summed E-state index contributed by atoms with van der Waals surface area (Å²) >= 11 is 0. The Morgan fingerprint density at radius 1 is 1.31 bits per heavy atom. The largest absolute Gasteiger partial charge is 0.396 e. The second kappa shape index (κ2) is 9.54. The summed E-state index contributed by atoms with van der Waals surface area (Å²) in [6.07, 6.45) is 3.33. The van der Waals surface area contributed by atoms with Gasteiger partial charge in [-0.05, 0) is 25.3 Å². The third-order valence-electron chi connectivity index (χ3n) is 4.55. The predicted octanol–water partition coefficient (Wildman–Crippen LogP) is 0.830. The van der Waals surface area contributed by atoms with Gasteiger partial charge in [0.05, 0.1) is 18.8 Å². The van der Waals surface area contributed by atoms with Crippen LogP contribution in [-0.2, 0) is 11.3 Å². The van der Waals surface area contributed by atoms with E-state index in [0.717, 1.165) is 12.8 Å². The van der Waals surface area contributed by atoms with Crippen LogP contribution in [0.5, 0.6) is 0 Å². The fraction of sp³-hybridized carbons (Fsp3) is 0.750. The molecule has 0 saturated carbocycles. The molecule has 3 atom stereocenters. The number of hydrogen-bond acceptors (Lipinski definition) is 6. The van der Waals surface area contributed by atoms with Gasteiger partial charge in [-0.2, -0.15) is 0 Å². The second-order valence-corrected chi connectivity index (χ2v) is 6.42. The van der Waals surface area contributed by atoms with Crippen molar-refractivity contribution < 1.29 is 14.9 Å². The van der Waals surface area contributed by atoms with Crippen molar-refractivity contribution in [1.82, 2.24) is 9.13 Å². The molecule has 1 aliphatic rings. The molecule has 0 radical (unpaired) electrons. The molecule has 2 heterocycles. The van der Waals surface area contributed by atoms with Crippen molar-refractivity contribution >= 4 is 0 Å². The van der Waals surface area contributed by atoms with Crippen LogP contribution in [0.1, 0.15) is 43.9 Å². The van der Waals surface area contributed by atoms with Crippen LogP contribution in [0.2, 0.25) is 0 Å². The highest BCUT2D eigenvalue weighted by atomic mass is 16.5. The lowest BCUT2D eigenvalue weighted by atomic mass is 10.1. The second-order valence-electron chi connectivity index (χ2n) is 6.42. The Bertz CT molecular complexity index is 767. The molecule has 1 aliphatic heterocycles. The lowest BCUT2D eigenvalue weighted by molar-refractivity contribution is -0.0277. The molecule has 1 aromatic rings. The Kier molecular flexibility index (Phi) is 7.40. The molecular weight excluding hydrogens is 342 g/mol. The van der Waals surface area contributed by atoms with Crippen LogP contribution < -0.4 is 11.2 Å². The number of rotatable bonds is 9. The lowest BCUT2D eigenvalue weighted by Crippen LogP contribution is -2.42. The summed E-state index contributed by atoms with van der Waals surface area (Å²) in [6.45, 7) is 1.73. The van der Waals surface area contributed by atoms with Gasteiger partial charge in [0.25, 0.3) is 5.56 Å². The Hall–Kier alpha value is -2.13. The third-order valence-corrected chi connectivity index (χ3v) is 4.55. The molecule has 0 spiro atoms. The van der Waals surface area contributed by atoms with E-state index in [0.29, 0.717) is 24.9 Å². The molecule has 1 saturated heterocycles. The molecule has 2 rings (SSSR count). The molecule has 0 aliphatic carbocycles. The highest BCUT2D eigenvalue weighted by Crippen LogP contribution is 2.29. The summed E-state index contributed by atoms with van der Waals surface area (Å²) < 4.78 is 8.18. The minimum absolute atomic E-state index is 0.134. The van der Waals surface area contributed by atoms with E-state index in [2.05, 4.69) is 10.0 Å². The van der Waals surface area contributed by atoms with E-state index in [-0.39, 0.29) is 25.2 Å². The number of unbranched alkanes of at least 4 members (excludes halogenated alkanes) is 3. The minimum atomic E-state index is -0.699. The zero-order valence-electron chi connectivity index (χ0n) is 14.8. The first-order chi connectivity index (χ1) is 12.5. The number of azide groups is 1. The van der Waals surface area contributed by atoms with Crippen LogP contribution in [0.3, 0.4) is 0 Å². The average Bonchev–Trinajstić information content (AvgIpc) is 3.03. The van der Waals surface area contributed by atoms with E-state index in [4.69, 9.17) is 15.4 Å². The maximum absolute atomic E-state index is 12.7. The fourth-order valence-electron chi connectivity index (χ4n) is 3.14. The molecular formula is C16H25N5O5. The lowest BCUT2D eigenvalue weighted by Gasteiger charge is -2.17. The van der Waals surface area contributed by atoms with Crippen molar-refractivity contribution in [2.75, 3.05) is 13.2 Å². The highest BCUT2D eigenvalue weighted by molar-refractivity contribution is 5.04. The standard InChI is InChI=1S/C16H25N5O5/c1-11-9-21(14-8-12(18-19-17)13(10-23)26-14)16(25)20(15(11)24)6-4-2-3-5-7-22/h9,12-14,22-23H,2-8,10H2,1H3. The smallest absolute Gasteiger partial charge is 0.333 e. The Labute approximate surface area is 150 Å². The number of aliphatic hydroxyl groups excluding tert-OH is 2. The van der Waals surface area contributed by atoms with E-state index < -0.39 is 24.1 Å². The molecule has 3 unspecified atom stereocenters. The van der Waals surface area contributed by atoms with Crippen LogP contribution >= 0.6 is 0 Å². The zero-order chi connectivity index (χ0) is 19.1. The van der Waals surface area contributed by atoms with E-state index in [9.17, 15) is 14.7 Å². The minimum Gasteiger partial charge on any atom is -0.396 e. The maximum Gasteiger partial charge on any atom is 0.333 e. The summed E-state index contributed by atoms with van der Waals surface area (Å²) in [5.41, 5.74) is 8.22. The van der Waals surface area contributed by atoms with Crippen LogP contribution in [-0.4, -0.2) is 44.7 Å². The van der Waals surface area contributed by atoms with Crippen molar-refractivity contribution in [3.63, 3.8) is 0 Å². The summed E-state index contributed by atoms with van der Waals surface area (Å²) in [5, 5.41) is 21.8. The van der Waals surface area contributed by atoms with E-state index >= 15 is 0 Å². The topological polar surface area (TPSA) is 142 Å². The number of ether oxygens (including phenoxy) is 1. The van der Waals surface area contributed by atoms with E-state index in [1.807, 2.05) is 0 Å². The Morgan fingerprint density at radius 3 is 2.69 bits per heavy atom. The summed E-state index contributed by atoms with van der Waals surface area (Å²) in [6, 6.07) is -0.568. The molecule has 1 aromatic heterocycles. The van der Waals surface area contributed by atoms with Gasteiger partial charge in [-0.15, -0.1) is 0 Å². The highest BCUT2D eigenvalue weighted by Gasteiger charge is 2.36. The van der Waals surface area contributed by atoms with Crippen LogP contribution in [0.15, 0.2) is 20.9 Å². The Balaban J connectivity index is 2.23. The first-order valence-electron chi connectivity index (χ1n) is 8.77. The van der Waals surface area contributed by atoms with Crippen molar-refractivity contribution in [1.29, 1.82) is 0 Å². The number of aromatic nitrogens is 2. The van der Waals surface area contributed by atoms with Gasteiger partial charge >= 0.3 is 5.69 Å². The van der Waals surface area contributed by atoms with Gasteiger partial charge in [0.2, 0.25) is 0 Å². The summed E-state index contributed by atoms with van der Waals surface area (Å²) in [5.74, 6) is 0. The van der Waals surface area contributed by atoms with E-state index in [1.54, 1.807) is 6.92 Å². The van der Waals surface area contributed by atoms with Crippen molar-refractivity contribution in [3.05, 3.63) is 43.0 Å². The first kappa shape index (κ1) is 20.2. The quantitative estimate of drug-likeness (QED) is 0.288. The predicted molar refractivity (Wildman–Crippen MR) is 93.8 cm³/mol. The SMILES string of the molecule is Cc1cn(C2CC(N=[N+]=[N-])C(CO)O2)c(=O)n(CCCCCCO)c1=O. The molecule has 0 aromatic carbocycles. The van der Waals surface area contributed by atoms with Gasteiger partial charge < -0.3 is 14.9 Å². The molecule has 10 nitrogen and oxygen atoms in total. The first-order valence-corrected chi connectivity index (χ1v) is 8.77. The molecule has 1 fully saturated rings. The molecule has 0 bridgehead atoms. The number of aliphatic hydroxyl groups is 2. The number of nitrogens with zero attached hydrogens (tertiary/aromatic N) is 5. The van der Waals surface area contributed by atoms with Crippen molar-refractivity contribution in [2.45, 2.75) is 63.9 Å². The van der Waals surface area contributed by atoms with Gasteiger partial charge in [0.15, 0.2) is 0 Å². The van der Waals surface area contributed by atoms with Gasteiger partial charge in [0.1, 0.15) is 6.23 Å². The third kappa shape index (κ3) is 4.53. The average molecular weight is 367 g/mol. The van der Waals surface area contributed by atoms with E-state index in [1.165, 1.54) is 15.3 Å². The monoisotopic (exact) mass is 367 g/mol. The Morgan fingerprint density at radius 2 is 2.04 bits per heavy atom. The zero-order valence-corrected chi connectivity index (χ0v) is 14.8. The van der Waals surface area contributed by atoms with Gasteiger partial charge in [-0.1, -0.05) is 18.0 Å². The summed E-state index contributed by atoms with van der Waals surface area (Å²) in [7, 11) is 0. The molecule has 26 heavy (non-hydrogen) atoms. The number of hydrogen-bond donors (Lipinski definition) is 2. The van der Waals surface area contributed by atoms with Gasteiger partial charge in [-0.25, -0.2) is 4.79 Å². The van der Waals surface area contributed by atoms with Crippen molar-refractivity contribution in [3.8, 4) is 0 Å². The normalized spacial score (nSPS) is 22.3. The van der Waals surface area contributed by atoms with Gasteiger partial charge in [0, 0.05) is 36.2 Å². The molecule has 144 valence electrons. The van der Waals surface area contributed by atoms with Crippen molar-refractivity contribution in [2.24, 2.45) is 5.11 Å². The molecule has 10 heteroatoms. The summed E-state index contributed by atoms with van der Waals surface area (Å²) in [4.78, 5) is 27.8. The maximum atomic E-state index is 12.7. The fourth-order valence-corrected chi connectivity index (χ4v) is 3.14. The van der Waals surface area contributed by atoms with Gasteiger partial charge in [-0.3, -0.25) is 13.9 Å². The van der Waals surface area contributed by atoms with Crippen LogP contribution in [0.25, 0.3) is 10.4 Å². The van der Waals surface area contributed by atoms with Crippen LogP contribution in [0, 0.1) is 6.92 Å².